The Balaban J connectivity index is 2.06. The average molecular weight is 249 g/mol. The summed E-state index contributed by atoms with van der Waals surface area (Å²) >= 11 is 0. The van der Waals surface area contributed by atoms with Crippen molar-refractivity contribution in [2.75, 3.05) is 44.0 Å². The summed E-state index contributed by atoms with van der Waals surface area (Å²) in [4.78, 5) is 6.37. The lowest BCUT2D eigenvalue weighted by molar-refractivity contribution is 0.290. The van der Waals surface area contributed by atoms with Crippen LogP contribution < -0.4 is 10.7 Å². The number of rotatable bonds is 1. The maximum Gasteiger partial charge on any atom is 0.220 e. The van der Waals surface area contributed by atoms with Gasteiger partial charge in [0.15, 0.2) is 5.82 Å². The highest BCUT2D eigenvalue weighted by Gasteiger charge is 2.19. The Morgan fingerprint density at radius 1 is 1.22 bits per heavy atom. The fourth-order valence-corrected chi connectivity index (χ4v) is 2.36. The molecule has 1 aromatic carbocycles. The monoisotopic (exact) mass is 249 g/mol. The fraction of sp³-hybridized carbons (Fsp3) is 0.417. The Morgan fingerprint density at radius 3 is 2.67 bits per heavy atom. The number of fused-ring (bicyclic) bond motifs is 1. The molecule has 0 aliphatic carbocycles. The first kappa shape index (κ1) is 11.3. The van der Waals surface area contributed by atoms with E-state index in [9.17, 15) is 4.39 Å². The Kier molecular flexibility index (Phi) is 2.59. The van der Waals surface area contributed by atoms with Crippen molar-refractivity contribution in [3.63, 3.8) is 0 Å². The van der Waals surface area contributed by atoms with E-state index in [1.54, 1.807) is 6.07 Å². The number of anilines is 1. The van der Waals surface area contributed by atoms with Crippen LogP contribution >= 0.6 is 0 Å². The van der Waals surface area contributed by atoms with Gasteiger partial charge in [0.1, 0.15) is 5.52 Å². The van der Waals surface area contributed by atoms with E-state index >= 15 is 0 Å². The zero-order valence-corrected chi connectivity index (χ0v) is 10.3. The summed E-state index contributed by atoms with van der Waals surface area (Å²) in [5.41, 5.74) is 6.99. The van der Waals surface area contributed by atoms with Crippen LogP contribution in [0, 0.1) is 5.82 Å². The number of nitrogens with two attached hydrogens (primary N) is 1. The highest BCUT2D eigenvalue weighted by Crippen LogP contribution is 2.21. The fourth-order valence-electron chi connectivity index (χ4n) is 2.36. The molecule has 0 atom stereocenters. The number of para-hydroxylation sites is 1. The molecule has 1 saturated heterocycles. The Hall–Kier alpha value is -1.82. The summed E-state index contributed by atoms with van der Waals surface area (Å²) in [5, 5.41) is 2.12. The molecule has 2 N–H and O–H groups in total. The minimum atomic E-state index is -0.327. The minimum absolute atomic E-state index is 0.327. The molecule has 1 aliphatic rings. The van der Waals surface area contributed by atoms with Crippen molar-refractivity contribution in [2.24, 2.45) is 0 Å². The van der Waals surface area contributed by atoms with E-state index in [1.165, 1.54) is 6.07 Å². The summed E-state index contributed by atoms with van der Waals surface area (Å²) < 4.78 is 15.5. The van der Waals surface area contributed by atoms with E-state index in [-0.39, 0.29) is 5.82 Å². The molecule has 0 unspecified atom stereocenters. The van der Waals surface area contributed by atoms with Crippen molar-refractivity contribution in [2.45, 2.75) is 0 Å². The van der Waals surface area contributed by atoms with Crippen LogP contribution in [-0.4, -0.2) is 47.8 Å². The molecule has 0 saturated carbocycles. The van der Waals surface area contributed by atoms with Crippen molar-refractivity contribution < 1.29 is 4.39 Å². The van der Waals surface area contributed by atoms with Crippen LogP contribution in [0.4, 0.5) is 10.3 Å². The van der Waals surface area contributed by atoms with Crippen LogP contribution in [0.5, 0.6) is 0 Å². The van der Waals surface area contributed by atoms with E-state index in [4.69, 9.17) is 5.73 Å². The minimum Gasteiger partial charge on any atom is -0.368 e. The molecule has 3 rings (SSSR count). The van der Waals surface area contributed by atoms with Gasteiger partial charge in [-0.3, -0.25) is 0 Å². The molecule has 1 fully saturated rings. The molecule has 0 radical (unpaired) electrons. The van der Waals surface area contributed by atoms with Crippen LogP contribution in [0.1, 0.15) is 0 Å². The number of benzene rings is 1. The maximum atomic E-state index is 13.7. The van der Waals surface area contributed by atoms with Crippen LogP contribution in [0.2, 0.25) is 0 Å². The second-order valence-electron chi connectivity index (χ2n) is 4.65. The first-order valence-electron chi connectivity index (χ1n) is 6.03. The Morgan fingerprint density at radius 2 is 1.94 bits per heavy atom. The molecular formula is C12H16FN5. The van der Waals surface area contributed by atoms with Gasteiger partial charge in [-0.25, -0.2) is 14.1 Å². The number of piperazine rings is 1. The third kappa shape index (κ3) is 1.69. The second-order valence-corrected chi connectivity index (χ2v) is 4.65. The first-order valence-corrected chi connectivity index (χ1v) is 6.03. The van der Waals surface area contributed by atoms with Gasteiger partial charge >= 0.3 is 0 Å². The van der Waals surface area contributed by atoms with Gasteiger partial charge in [-0.15, -0.1) is 0 Å². The normalized spacial score (nSPS) is 17.6. The third-order valence-electron chi connectivity index (χ3n) is 3.40. The number of likely N-dealkylation sites (N-methyl/N-ethyl adjacent to an activating group) is 1. The molecular weight excluding hydrogens is 233 g/mol. The molecule has 0 spiro atoms. The van der Waals surface area contributed by atoms with Crippen molar-refractivity contribution in [3.05, 3.63) is 24.0 Å². The number of halogens is 1. The Labute approximate surface area is 105 Å². The number of nitrogen functional groups attached to an aromatic ring is 1. The molecule has 96 valence electrons. The van der Waals surface area contributed by atoms with Gasteiger partial charge in [-0.1, -0.05) is 6.07 Å². The number of aromatic nitrogens is 2. The summed E-state index contributed by atoms with van der Waals surface area (Å²) in [5.74, 6) is 0.0201. The van der Waals surface area contributed by atoms with Gasteiger partial charge in [-0.2, -0.15) is 0 Å². The van der Waals surface area contributed by atoms with Crippen molar-refractivity contribution >= 4 is 17.0 Å². The topological polar surface area (TPSA) is 50.3 Å². The smallest absolute Gasteiger partial charge is 0.220 e. The molecule has 0 amide bonds. The molecule has 6 heteroatoms. The molecule has 1 aliphatic heterocycles. The second kappa shape index (κ2) is 4.13. The summed E-state index contributed by atoms with van der Waals surface area (Å²) in [6, 6.07) is 4.94. The lowest BCUT2D eigenvalue weighted by Crippen LogP contribution is -2.50. The van der Waals surface area contributed by atoms with Gasteiger partial charge in [0, 0.05) is 26.2 Å². The van der Waals surface area contributed by atoms with Crippen LogP contribution in [0.25, 0.3) is 11.0 Å². The molecule has 18 heavy (non-hydrogen) atoms. The number of imidazole rings is 1. The lowest BCUT2D eigenvalue weighted by Gasteiger charge is -2.35. The molecule has 2 heterocycles. The maximum absolute atomic E-state index is 13.7. The predicted molar refractivity (Wildman–Crippen MR) is 69.6 cm³/mol. The number of hydrogen-bond donors (Lipinski definition) is 1. The van der Waals surface area contributed by atoms with Crippen molar-refractivity contribution in [1.29, 1.82) is 0 Å². The standard InChI is InChI=1S/C12H16FN5/c1-16-5-7-17(8-6-16)18-10-4-2-3-9(13)11(10)15-12(18)14/h2-4H,5-8H2,1H3,(H2,14,15). The van der Waals surface area contributed by atoms with Gasteiger partial charge in [0.2, 0.25) is 5.95 Å². The zero-order valence-electron chi connectivity index (χ0n) is 10.3. The SMILES string of the molecule is CN1CCN(n2c(N)nc3c(F)cccc32)CC1. The summed E-state index contributed by atoms with van der Waals surface area (Å²) in [6.45, 7) is 3.66. The van der Waals surface area contributed by atoms with Gasteiger partial charge in [-0.05, 0) is 19.2 Å². The number of nitrogens with zero attached hydrogens (tertiary/aromatic N) is 4. The first-order chi connectivity index (χ1) is 8.66. The highest BCUT2D eigenvalue weighted by atomic mass is 19.1. The van der Waals surface area contributed by atoms with E-state index in [0.717, 1.165) is 31.7 Å². The average Bonchev–Trinajstić information content (AvgIpc) is 2.69. The predicted octanol–water partition coefficient (Wildman–Crippen LogP) is 0.641. The van der Waals surface area contributed by atoms with Crippen LogP contribution in [-0.2, 0) is 0 Å². The molecule has 2 aromatic rings. The quantitative estimate of drug-likeness (QED) is 0.806. The summed E-state index contributed by atoms with van der Waals surface area (Å²) in [6.07, 6.45) is 0. The van der Waals surface area contributed by atoms with E-state index in [2.05, 4.69) is 21.9 Å². The van der Waals surface area contributed by atoms with Crippen molar-refractivity contribution in [1.82, 2.24) is 14.6 Å². The van der Waals surface area contributed by atoms with Gasteiger partial charge in [0.05, 0.1) is 5.52 Å². The molecule has 1 aromatic heterocycles. The van der Waals surface area contributed by atoms with Crippen molar-refractivity contribution in [3.8, 4) is 0 Å². The van der Waals surface area contributed by atoms with E-state index in [0.29, 0.717) is 11.5 Å². The van der Waals surface area contributed by atoms with Crippen LogP contribution in [0.15, 0.2) is 18.2 Å². The van der Waals surface area contributed by atoms with Crippen LogP contribution in [0.3, 0.4) is 0 Å². The largest absolute Gasteiger partial charge is 0.368 e. The van der Waals surface area contributed by atoms with Gasteiger partial charge in [0.25, 0.3) is 0 Å². The third-order valence-corrected chi connectivity index (χ3v) is 3.40. The zero-order chi connectivity index (χ0) is 12.7. The van der Waals surface area contributed by atoms with Gasteiger partial charge < -0.3 is 15.6 Å². The molecule has 5 nitrogen and oxygen atoms in total. The highest BCUT2D eigenvalue weighted by molar-refractivity contribution is 5.79. The summed E-state index contributed by atoms with van der Waals surface area (Å²) in [7, 11) is 2.09. The van der Waals surface area contributed by atoms with E-state index < -0.39 is 0 Å². The lowest BCUT2D eigenvalue weighted by atomic mass is 10.3. The molecule has 0 bridgehead atoms. The van der Waals surface area contributed by atoms with E-state index in [1.807, 2.05) is 10.7 Å². The number of hydrogen-bond acceptors (Lipinski definition) is 4. The Bertz CT molecular complexity index is 571.